The Hall–Kier alpha value is -1.33. The highest BCUT2D eigenvalue weighted by molar-refractivity contribution is 5.83. The Morgan fingerprint density at radius 3 is 2.87 bits per heavy atom. The molecular weight excluding hydrogens is 294 g/mol. The molecule has 4 atom stereocenters. The van der Waals surface area contributed by atoms with Gasteiger partial charge in [0.25, 0.3) is 5.91 Å². The zero-order valence-corrected chi connectivity index (χ0v) is 14.3. The standard InChI is InChI=1S/C18H27NO4/c1-12-5-6-16-15(9-12)19(7-4-8-21-3)18(20)17(23-16)14-11-22-10-13(14)2/h10-12,15-17H,4-9H2,1-3H3/t12-,15?,16+,17?/m1/s1. The fourth-order valence-corrected chi connectivity index (χ4v) is 3.86. The molecule has 0 bridgehead atoms. The maximum Gasteiger partial charge on any atom is 0.256 e. The summed E-state index contributed by atoms with van der Waals surface area (Å²) in [5.74, 6) is 0.714. The number of fused-ring (bicyclic) bond motifs is 1. The Morgan fingerprint density at radius 1 is 1.35 bits per heavy atom. The largest absolute Gasteiger partial charge is 0.472 e. The van der Waals surface area contributed by atoms with Crippen molar-refractivity contribution >= 4 is 5.91 Å². The van der Waals surface area contributed by atoms with Crippen LogP contribution in [0.4, 0.5) is 0 Å². The van der Waals surface area contributed by atoms with Gasteiger partial charge in [-0.05, 0) is 44.1 Å². The summed E-state index contributed by atoms with van der Waals surface area (Å²) in [5.41, 5.74) is 1.84. The lowest BCUT2D eigenvalue weighted by molar-refractivity contribution is -0.180. The van der Waals surface area contributed by atoms with Crippen molar-refractivity contribution in [3.05, 3.63) is 23.7 Å². The molecule has 1 saturated carbocycles. The van der Waals surface area contributed by atoms with Crippen molar-refractivity contribution in [2.24, 2.45) is 5.92 Å². The Labute approximate surface area is 137 Å². The molecule has 0 N–H and O–H groups in total. The molecule has 3 rings (SSSR count). The normalized spacial score (nSPS) is 31.3. The zero-order valence-electron chi connectivity index (χ0n) is 14.3. The average Bonchev–Trinajstić information content (AvgIpc) is 2.95. The third-order valence-corrected chi connectivity index (χ3v) is 5.16. The number of methoxy groups -OCH3 is 1. The Bertz CT molecular complexity index is 541. The third-order valence-electron chi connectivity index (χ3n) is 5.16. The van der Waals surface area contributed by atoms with Crippen molar-refractivity contribution in [2.75, 3.05) is 20.3 Å². The quantitative estimate of drug-likeness (QED) is 0.782. The van der Waals surface area contributed by atoms with Crippen LogP contribution in [0.15, 0.2) is 16.9 Å². The summed E-state index contributed by atoms with van der Waals surface area (Å²) in [7, 11) is 1.70. The van der Waals surface area contributed by atoms with E-state index in [1.807, 2.05) is 11.8 Å². The maximum atomic E-state index is 13.1. The van der Waals surface area contributed by atoms with Gasteiger partial charge in [0.1, 0.15) is 0 Å². The van der Waals surface area contributed by atoms with Crippen LogP contribution < -0.4 is 0 Å². The minimum atomic E-state index is -0.522. The van der Waals surface area contributed by atoms with E-state index in [0.717, 1.165) is 36.9 Å². The van der Waals surface area contributed by atoms with E-state index < -0.39 is 6.10 Å². The van der Waals surface area contributed by atoms with E-state index in [1.54, 1.807) is 19.6 Å². The van der Waals surface area contributed by atoms with Gasteiger partial charge in [-0.25, -0.2) is 0 Å². The molecule has 0 radical (unpaired) electrons. The number of aryl methyl sites for hydroxylation is 1. The first-order valence-corrected chi connectivity index (χ1v) is 8.59. The molecule has 128 valence electrons. The number of morpholine rings is 1. The first-order chi connectivity index (χ1) is 11.1. The first-order valence-electron chi connectivity index (χ1n) is 8.59. The molecule has 5 nitrogen and oxygen atoms in total. The fourth-order valence-electron chi connectivity index (χ4n) is 3.86. The van der Waals surface area contributed by atoms with Gasteiger partial charge in [0.05, 0.1) is 24.7 Å². The van der Waals surface area contributed by atoms with Gasteiger partial charge in [0.2, 0.25) is 0 Å². The molecule has 1 aromatic heterocycles. The smallest absolute Gasteiger partial charge is 0.256 e. The van der Waals surface area contributed by atoms with E-state index in [4.69, 9.17) is 13.9 Å². The lowest BCUT2D eigenvalue weighted by Gasteiger charge is -2.48. The van der Waals surface area contributed by atoms with E-state index in [1.165, 1.54) is 6.42 Å². The second-order valence-electron chi connectivity index (χ2n) is 6.93. The topological polar surface area (TPSA) is 51.9 Å². The van der Waals surface area contributed by atoms with E-state index in [0.29, 0.717) is 12.5 Å². The highest BCUT2D eigenvalue weighted by atomic mass is 16.5. The van der Waals surface area contributed by atoms with Crippen LogP contribution in [0.25, 0.3) is 0 Å². The van der Waals surface area contributed by atoms with Crippen molar-refractivity contribution in [3.63, 3.8) is 0 Å². The van der Waals surface area contributed by atoms with Gasteiger partial charge < -0.3 is 18.8 Å². The minimum absolute atomic E-state index is 0.0703. The number of nitrogens with zero attached hydrogens (tertiary/aromatic N) is 1. The van der Waals surface area contributed by atoms with Crippen LogP contribution >= 0.6 is 0 Å². The van der Waals surface area contributed by atoms with Gasteiger partial charge in [-0.1, -0.05) is 6.92 Å². The van der Waals surface area contributed by atoms with Gasteiger partial charge in [0, 0.05) is 25.8 Å². The number of hydrogen-bond donors (Lipinski definition) is 0. The van der Waals surface area contributed by atoms with Crippen LogP contribution in [0, 0.1) is 12.8 Å². The van der Waals surface area contributed by atoms with E-state index >= 15 is 0 Å². The van der Waals surface area contributed by atoms with Crippen LogP contribution in [0.2, 0.25) is 0 Å². The SMILES string of the molecule is COCCCN1C(=O)C(c2cocc2C)O[C@H]2CC[C@@H](C)CC21. The number of rotatable bonds is 5. The van der Waals surface area contributed by atoms with Gasteiger partial charge in [0.15, 0.2) is 6.10 Å². The number of carbonyl (C=O) groups is 1. The molecule has 1 amide bonds. The molecule has 1 saturated heterocycles. The number of furan rings is 1. The maximum absolute atomic E-state index is 13.1. The van der Waals surface area contributed by atoms with Crippen molar-refractivity contribution in [1.82, 2.24) is 4.90 Å². The van der Waals surface area contributed by atoms with Crippen LogP contribution in [0.5, 0.6) is 0 Å². The second kappa shape index (κ2) is 7.05. The first kappa shape index (κ1) is 16.5. The third kappa shape index (κ3) is 3.31. The fraction of sp³-hybridized carbons (Fsp3) is 0.722. The molecule has 1 aromatic rings. The van der Waals surface area contributed by atoms with Gasteiger partial charge >= 0.3 is 0 Å². The van der Waals surface area contributed by atoms with E-state index in [2.05, 4.69) is 6.92 Å². The molecule has 2 aliphatic rings. The summed E-state index contributed by atoms with van der Waals surface area (Å²) >= 11 is 0. The molecule has 2 fully saturated rings. The molecule has 0 aromatic carbocycles. The van der Waals surface area contributed by atoms with Gasteiger partial charge in [-0.2, -0.15) is 0 Å². The Morgan fingerprint density at radius 2 is 2.17 bits per heavy atom. The average molecular weight is 321 g/mol. The highest BCUT2D eigenvalue weighted by Crippen LogP contribution is 2.39. The van der Waals surface area contributed by atoms with Crippen LogP contribution in [-0.2, 0) is 14.3 Å². The molecule has 2 unspecified atom stereocenters. The monoisotopic (exact) mass is 321 g/mol. The second-order valence-corrected chi connectivity index (χ2v) is 6.93. The Balaban J connectivity index is 1.82. The Kier molecular flexibility index (Phi) is 5.07. The molecule has 5 heteroatoms. The van der Waals surface area contributed by atoms with E-state index in [9.17, 15) is 4.79 Å². The van der Waals surface area contributed by atoms with Crippen molar-refractivity contribution in [1.29, 1.82) is 0 Å². The lowest BCUT2D eigenvalue weighted by Crippen LogP contribution is -2.57. The zero-order chi connectivity index (χ0) is 16.4. The summed E-state index contributed by atoms with van der Waals surface area (Å²) in [6.07, 6.45) is 7.01. The van der Waals surface area contributed by atoms with Crippen LogP contribution in [0.3, 0.4) is 0 Å². The summed E-state index contributed by atoms with van der Waals surface area (Å²) in [6, 6.07) is 0.201. The highest BCUT2D eigenvalue weighted by Gasteiger charge is 2.45. The lowest BCUT2D eigenvalue weighted by atomic mass is 9.82. The number of carbonyl (C=O) groups excluding carboxylic acids is 1. The predicted octanol–water partition coefficient (Wildman–Crippen LogP) is 3.08. The molecular formula is C18H27NO4. The predicted molar refractivity (Wildman–Crippen MR) is 86.1 cm³/mol. The summed E-state index contributed by atoms with van der Waals surface area (Å²) in [4.78, 5) is 15.1. The summed E-state index contributed by atoms with van der Waals surface area (Å²) in [5, 5.41) is 0. The minimum Gasteiger partial charge on any atom is -0.472 e. The summed E-state index contributed by atoms with van der Waals surface area (Å²) in [6.45, 7) is 5.63. The molecule has 0 spiro atoms. The molecule has 1 aliphatic carbocycles. The molecule has 1 aliphatic heterocycles. The van der Waals surface area contributed by atoms with Crippen molar-refractivity contribution in [2.45, 2.75) is 57.8 Å². The van der Waals surface area contributed by atoms with E-state index in [-0.39, 0.29) is 18.1 Å². The van der Waals surface area contributed by atoms with Crippen molar-refractivity contribution in [3.8, 4) is 0 Å². The van der Waals surface area contributed by atoms with Gasteiger partial charge in [-0.15, -0.1) is 0 Å². The number of amides is 1. The van der Waals surface area contributed by atoms with Crippen LogP contribution in [-0.4, -0.2) is 43.2 Å². The van der Waals surface area contributed by atoms with Gasteiger partial charge in [-0.3, -0.25) is 4.79 Å². The number of ether oxygens (including phenoxy) is 2. The number of hydrogen-bond acceptors (Lipinski definition) is 4. The molecule has 23 heavy (non-hydrogen) atoms. The van der Waals surface area contributed by atoms with Crippen molar-refractivity contribution < 1.29 is 18.7 Å². The molecule has 2 heterocycles. The van der Waals surface area contributed by atoms with Crippen LogP contribution in [0.1, 0.15) is 49.8 Å². The summed E-state index contributed by atoms with van der Waals surface area (Å²) < 4.78 is 16.7.